The molecular weight excluding hydrogens is 264 g/mol. The van der Waals surface area contributed by atoms with E-state index in [2.05, 4.69) is 17.1 Å². The van der Waals surface area contributed by atoms with Crippen LogP contribution in [0.5, 0.6) is 0 Å². The lowest BCUT2D eigenvalue weighted by molar-refractivity contribution is -0.139. The minimum absolute atomic E-state index is 0.231. The summed E-state index contributed by atoms with van der Waals surface area (Å²) in [5, 5.41) is 12.9. The van der Waals surface area contributed by atoms with E-state index in [1.807, 2.05) is 0 Å². The smallest absolute Gasteiger partial charge is 0.317 e. The summed E-state index contributed by atoms with van der Waals surface area (Å²) in [4.78, 5) is 13.3. The summed E-state index contributed by atoms with van der Waals surface area (Å²) in [6, 6.07) is 1.84. The van der Waals surface area contributed by atoms with Crippen LogP contribution in [0, 0.1) is 11.8 Å². The monoisotopic (exact) mass is 294 g/mol. The Kier molecular flexibility index (Phi) is 4.85. The molecule has 3 rings (SSSR count). The normalized spacial score (nSPS) is 36.5. The second kappa shape index (κ2) is 6.66. The van der Waals surface area contributed by atoms with Crippen LogP contribution in [0.4, 0.5) is 0 Å². The molecule has 21 heavy (non-hydrogen) atoms. The lowest BCUT2D eigenvalue weighted by Gasteiger charge is -2.45. The lowest BCUT2D eigenvalue weighted by atomic mass is 9.82. The van der Waals surface area contributed by atoms with Crippen molar-refractivity contribution >= 4 is 5.97 Å². The van der Waals surface area contributed by atoms with Crippen molar-refractivity contribution in [1.29, 1.82) is 0 Å². The van der Waals surface area contributed by atoms with Gasteiger partial charge in [-0.3, -0.25) is 9.69 Å². The molecule has 0 aliphatic heterocycles. The molecule has 0 atom stereocenters. The highest BCUT2D eigenvalue weighted by Gasteiger charge is 2.37. The summed E-state index contributed by atoms with van der Waals surface area (Å²) in [7, 11) is 0. The van der Waals surface area contributed by atoms with E-state index in [9.17, 15) is 4.79 Å². The average molecular weight is 294 g/mol. The molecule has 4 nitrogen and oxygen atoms in total. The maximum atomic E-state index is 11.0. The molecular formula is C17H30N2O2. The molecule has 0 aromatic carbocycles. The van der Waals surface area contributed by atoms with E-state index in [4.69, 9.17) is 5.11 Å². The zero-order chi connectivity index (χ0) is 14.8. The van der Waals surface area contributed by atoms with Gasteiger partial charge in [-0.05, 0) is 63.2 Å². The van der Waals surface area contributed by atoms with Gasteiger partial charge in [-0.1, -0.05) is 6.92 Å². The first kappa shape index (κ1) is 15.3. The number of rotatable bonds is 7. The van der Waals surface area contributed by atoms with E-state index in [1.165, 1.54) is 38.5 Å². The summed E-state index contributed by atoms with van der Waals surface area (Å²) in [6.45, 7) is 3.59. The second-order valence-electron chi connectivity index (χ2n) is 7.71. The van der Waals surface area contributed by atoms with Crippen LogP contribution in [0.3, 0.4) is 0 Å². The Labute approximate surface area is 128 Å². The van der Waals surface area contributed by atoms with Gasteiger partial charge in [-0.15, -0.1) is 0 Å². The Morgan fingerprint density at radius 2 is 1.76 bits per heavy atom. The summed E-state index contributed by atoms with van der Waals surface area (Å²) in [5.41, 5.74) is 0. The molecule has 3 fully saturated rings. The third-order valence-corrected chi connectivity index (χ3v) is 5.64. The summed E-state index contributed by atoms with van der Waals surface area (Å²) >= 11 is 0. The van der Waals surface area contributed by atoms with Crippen LogP contribution in [0.25, 0.3) is 0 Å². The van der Waals surface area contributed by atoms with Crippen molar-refractivity contribution in [3.8, 4) is 0 Å². The number of carboxylic acids is 1. The molecule has 4 heteroatoms. The van der Waals surface area contributed by atoms with Crippen molar-refractivity contribution in [2.45, 2.75) is 76.4 Å². The van der Waals surface area contributed by atoms with Crippen LogP contribution in [0.15, 0.2) is 0 Å². The maximum Gasteiger partial charge on any atom is 0.317 e. The van der Waals surface area contributed by atoms with Crippen molar-refractivity contribution in [2.24, 2.45) is 11.8 Å². The van der Waals surface area contributed by atoms with Gasteiger partial charge in [0, 0.05) is 24.7 Å². The molecule has 0 saturated heterocycles. The second-order valence-corrected chi connectivity index (χ2v) is 7.71. The predicted molar refractivity (Wildman–Crippen MR) is 83.3 cm³/mol. The quantitative estimate of drug-likeness (QED) is 0.757. The molecule has 0 heterocycles. The van der Waals surface area contributed by atoms with Crippen LogP contribution in [-0.2, 0) is 4.79 Å². The molecule has 0 amide bonds. The molecule has 2 N–H and O–H groups in total. The van der Waals surface area contributed by atoms with Gasteiger partial charge in [0.2, 0.25) is 0 Å². The minimum atomic E-state index is -0.673. The van der Waals surface area contributed by atoms with Crippen LogP contribution >= 0.6 is 0 Å². The number of aliphatic carboxylic acids is 1. The maximum absolute atomic E-state index is 11.0. The first-order chi connectivity index (χ1) is 10.1. The Morgan fingerprint density at radius 3 is 2.33 bits per heavy atom. The Balaban J connectivity index is 1.39. The van der Waals surface area contributed by atoms with Gasteiger partial charge in [0.1, 0.15) is 0 Å². The van der Waals surface area contributed by atoms with Crippen LogP contribution in [0.1, 0.15) is 58.3 Å². The lowest BCUT2D eigenvalue weighted by Crippen LogP contribution is -2.56. The SMILES string of the molecule is CC1CCC(NC2CC(N(CC(=O)O)CC3CC3)C2)CC1. The average Bonchev–Trinajstić information content (AvgIpc) is 3.18. The van der Waals surface area contributed by atoms with Crippen molar-refractivity contribution in [1.82, 2.24) is 10.2 Å². The molecule has 120 valence electrons. The number of carbonyl (C=O) groups is 1. The summed E-state index contributed by atoms with van der Waals surface area (Å²) in [5.74, 6) is 1.01. The Morgan fingerprint density at radius 1 is 1.10 bits per heavy atom. The summed E-state index contributed by atoms with van der Waals surface area (Å²) in [6.07, 6.45) is 10.3. The molecule has 3 saturated carbocycles. The highest BCUT2D eigenvalue weighted by molar-refractivity contribution is 5.69. The third kappa shape index (κ3) is 4.43. The van der Waals surface area contributed by atoms with Crippen molar-refractivity contribution in [3.05, 3.63) is 0 Å². The van der Waals surface area contributed by atoms with E-state index in [-0.39, 0.29) is 6.54 Å². The van der Waals surface area contributed by atoms with E-state index in [0.717, 1.165) is 31.2 Å². The predicted octanol–water partition coefficient (Wildman–Crippen LogP) is 2.48. The number of carboxylic acid groups (broad SMARTS) is 1. The highest BCUT2D eigenvalue weighted by Crippen LogP contribution is 2.34. The van der Waals surface area contributed by atoms with Gasteiger partial charge in [0.25, 0.3) is 0 Å². The summed E-state index contributed by atoms with van der Waals surface area (Å²) < 4.78 is 0. The fourth-order valence-corrected chi connectivity index (χ4v) is 3.93. The number of nitrogens with zero attached hydrogens (tertiary/aromatic N) is 1. The molecule has 3 aliphatic rings. The van der Waals surface area contributed by atoms with Gasteiger partial charge >= 0.3 is 5.97 Å². The first-order valence-corrected chi connectivity index (χ1v) is 8.82. The number of nitrogens with one attached hydrogen (secondary N) is 1. The first-order valence-electron chi connectivity index (χ1n) is 8.82. The zero-order valence-corrected chi connectivity index (χ0v) is 13.3. The molecule has 3 aliphatic carbocycles. The van der Waals surface area contributed by atoms with Gasteiger partial charge < -0.3 is 10.4 Å². The standard InChI is InChI=1S/C17H30N2O2/c1-12-2-6-14(7-3-12)18-15-8-16(9-15)19(11-17(20)21)10-13-4-5-13/h12-16,18H,2-11H2,1H3,(H,20,21). The molecule has 0 aromatic heterocycles. The van der Waals surface area contributed by atoms with E-state index in [1.54, 1.807) is 0 Å². The Bertz CT molecular complexity index is 356. The van der Waals surface area contributed by atoms with Crippen LogP contribution in [-0.4, -0.2) is 47.2 Å². The zero-order valence-electron chi connectivity index (χ0n) is 13.3. The van der Waals surface area contributed by atoms with E-state index in [0.29, 0.717) is 18.1 Å². The molecule has 0 radical (unpaired) electrons. The van der Waals surface area contributed by atoms with E-state index < -0.39 is 5.97 Å². The van der Waals surface area contributed by atoms with Crippen LogP contribution in [0.2, 0.25) is 0 Å². The number of hydrogen-bond donors (Lipinski definition) is 2. The van der Waals surface area contributed by atoms with Crippen molar-refractivity contribution in [2.75, 3.05) is 13.1 Å². The van der Waals surface area contributed by atoms with Crippen molar-refractivity contribution < 1.29 is 9.90 Å². The fourth-order valence-electron chi connectivity index (χ4n) is 3.93. The van der Waals surface area contributed by atoms with Gasteiger partial charge in [0.05, 0.1) is 6.54 Å². The number of hydrogen-bond acceptors (Lipinski definition) is 3. The largest absolute Gasteiger partial charge is 0.480 e. The van der Waals surface area contributed by atoms with E-state index >= 15 is 0 Å². The van der Waals surface area contributed by atoms with Gasteiger partial charge in [0.15, 0.2) is 0 Å². The van der Waals surface area contributed by atoms with Gasteiger partial charge in [-0.25, -0.2) is 0 Å². The molecule has 0 bridgehead atoms. The molecule has 0 unspecified atom stereocenters. The third-order valence-electron chi connectivity index (χ3n) is 5.64. The van der Waals surface area contributed by atoms with Gasteiger partial charge in [-0.2, -0.15) is 0 Å². The fraction of sp³-hybridized carbons (Fsp3) is 0.941. The van der Waals surface area contributed by atoms with Crippen LogP contribution < -0.4 is 5.32 Å². The molecule has 0 aromatic rings. The topological polar surface area (TPSA) is 52.6 Å². The van der Waals surface area contributed by atoms with Crippen molar-refractivity contribution in [3.63, 3.8) is 0 Å². The minimum Gasteiger partial charge on any atom is -0.480 e. The highest BCUT2D eigenvalue weighted by atomic mass is 16.4. The Hall–Kier alpha value is -0.610. The molecule has 0 spiro atoms.